The minimum Gasteiger partial charge on any atom is -0.495 e. The van der Waals surface area contributed by atoms with E-state index in [0.29, 0.717) is 30.1 Å². The van der Waals surface area contributed by atoms with Crippen LogP contribution in [-0.4, -0.2) is 59.8 Å². The van der Waals surface area contributed by atoms with Gasteiger partial charge in [0.25, 0.3) is 15.9 Å². The molecule has 0 radical (unpaired) electrons. The molecule has 0 atom stereocenters. The summed E-state index contributed by atoms with van der Waals surface area (Å²) in [5.74, 6) is -1.28. The number of carbonyl (C=O) groups excluding carboxylic acids is 2. The predicted octanol–water partition coefficient (Wildman–Crippen LogP) is 5.23. The Kier molecular flexibility index (Phi) is 11.4. The van der Waals surface area contributed by atoms with Crippen molar-refractivity contribution in [1.82, 2.24) is 4.31 Å². The third kappa shape index (κ3) is 8.17. The lowest BCUT2D eigenvalue weighted by Gasteiger charge is -2.26. The van der Waals surface area contributed by atoms with Crippen LogP contribution in [0.15, 0.2) is 107 Å². The number of carbonyl (C=O) groups is 2. The second-order valence-corrected chi connectivity index (χ2v) is 14.2. The molecule has 0 aliphatic carbocycles. The van der Waals surface area contributed by atoms with Crippen LogP contribution in [0.4, 0.5) is 11.4 Å². The molecule has 1 amide bonds. The molecule has 0 unspecified atom stereocenters. The van der Waals surface area contributed by atoms with Crippen LogP contribution in [0.25, 0.3) is 0 Å². The average Bonchev–Trinajstić information content (AvgIpc) is 3.07. The molecule has 13 heteroatoms. The zero-order chi connectivity index (χ0) is 34.2. The molecule has 0 spiro atoms. The molecule has 0 aliphatic rings. The molecular formula is C34H37N3O8S2. The lowest BCUT2D eigenvalue weighted by molar-refractivity contribution is -0.119. The molecule has 4 aromatic carbocycles. The van der Waals surface area contributed by atoms with Crippen molar-refractivity contribution in [3.05, 3.63) is 114 Å². The molecule has 0 saturated carbocycles. The van der Waals surface area contributed by atoms with Crippen molar-refractivity contribution >= 4 is 43.3 Å². The van der Waals surface area contributed by atoms with E-state index in [0.717, 1.165) is 5.56 Å². The molecule has 47 heavy (non-hydrogen) atoms. The normalized spacial score (nSPS) is 11.6. The summed E-state index contributed by atoms with van der Waals surface area (Å²) >= 11 is 0. The number of nitrogens with zero attached hydrogens (tertiary/aromatic N) is 2. The second kappa shape index (κ2) is 15.2. The first-order valence-corrected chi connectivity index (χ1v) is 17.7. The van der Waals surface area contributed by atoms with Gasteiger partial charge in [-0.2, -0.15) is 4.31 Å². The van der Waals surface area contributed by atoms with Crippen molar-refractivity contribution in [2.75, 3.05) is 36.4 Å². The van der Waals surface area contributed by atoms with Gasteiger partial charge in [0.05, 0.1) is 34.7 Å². The highest BCUT2D eigenvalue weighted by Gasteiger charge is 2.29. The molecule has 4 aromatic rings. The number of hydrogen-bond donors (Lipinski definition) is 1. The molecule has 0 aromatic heterocycles. The Bertz CT molecular complexity index is 1950. The predicted molar refractivity (Wildman–Crippen MR) is 179 cm³/mol. The lowest BCUT2D eigenvalue weighted by Crippen LogP contribution is -2.31. The number of nitrogens with one attached hydrogen (secondary N) is 1. The monoisotopic (exact) mass is 679 g/mol. The fraction of sp³-hybridized carbons (Fsp3) is 0.235. The molecule has 0 bridgehead atoms. The van der Waals surface area contributed by atoms with Crippen molar-refractivity contribution in [2.45, 2.75) is 37.1 Å². The van der Waals surface area contributed by atoms with Crippen LogP contribution in [0.3, 0.4) is 0 Å². The van der Waals surface area contributed by atoms with Crippen LogP contribution in [0, 0.1) is 6.92 Å². The molecule has 248 valence electrons. The highest BCUT2D eigenvalue weighted by Crippen LogP contribution is 2.34. The number of anilines is 2. The Morgan fingerprint density at radius 3 is 2.15 bits per heavy atom. The number of hydrogen-bond acceptors (Lipinski definition) is 8. The summed E-state index contributed by atoms with van der Waals surface area (Å²) in [6, 6.07) is 25.6. The van der Waals surface area contributed by atoms with Crippen LogP contribution in [0.1, 0.15) is 35.3 Å². The van der Waals surface area contributed by atoms with E-state index < -0.39 is 38.5 Å². The summed E-state index contributed by atoms with van der Waals surface area (Å²) in [6.07, 6.45) is 0. The number of sulfonamides is 2. The van der Waals surface area contributed by atoms with Crippen LogP contribution in [0.2, 0.25) is 0 Å². The largest absolute Gasteiger partial charge is 0.495 e. The first-order chi connectivity index (χ1) is 22.4. The SMILES string of the molecule is CCN(CC)S(=O)(=O)c1cc(NC(=O)COC(=O)c2cccc(S(=O)(=O)N(Cc3ccccc3)c3ccccc3OC)c2)ccc1C. The van der Waals surface area contributed by atoms with Crippen LogP contribution >= 0.6 is 0 Å². The molecule has 0 aliphatic heterocycles. The maximum Gasteiger partial charge on any atom is 0.338 e. The summed E-state index contributed by atoms with van der Waals surface area (Å²) in [7, 11) is -6.56. The maximum atomic E-state index is 14.1. The van der Waals surface area contributed by atoms with Gasteiger partial charge < -0.3 is 14.8 Å². The quantitative estimate of drug-likeness (QED) is 0.179. The van der Waals surface area contributed by atoms with Crippen molar-refractivity contribution in [1.29, 1.82) is 0 Å². The standard InChI is InChI=1S/C34H37N3O8S2/c1-5-36(6-2)47(42,43)32-22-28(20-19-25(32)3)35-33(38)24-45-34(39)27-15-12-16-29(21-27)46(40,41)37(23-26-13-8-7-9-14-26)30-17-10-11-18-31(30)44-4/h7-22H,5-6,23-24H2,1-4H3,(H,35,38). The summed E-state index contributed by atoms with van der Waals surface area (Å²) < 4.78 is 67.4. The fourth-order valence-corrected chi connectivity index (χ4v) is 8.08. The molecule has 4 rings (SSSR count). The van der Waals surface area contributed by atoms with E-state index in [9.17, 15) is 26.4 Å². The van der Waals surface area contributed by atoms with Gasteiger partial charge in [0.1, 0.15) is 5.75 Å². The molecule has 0 saturated heterocycles. The maximum absolute atomic E-state index is 14.1. The first kappa shape index (κ1) is 35.1. The number of para-hydroxylation sites is 2. The Balaban J connectivity index is 1.52. The van der Waals surface area contributed by atoms with Crippen molar-refractivity contribution in [3.8, 4) is 5.75 Å². The minimum atomic E-state index is -4.23. The van der Waals surface area contributed by atoms with Crippen LogP contribution in [0.5, 0.6) is 5.75 Å². The van der Waals surface area contributed by atoms with E-state index in [-0.39, 0.29) is 27.6 Å². The molecule has 0 fully saturated rings. The van der Waals surface area contributed by atoms with E-state index in [1.54, 1.807) is 81.4 Å². The van der Waals surface area contributed by atoms with Gasteiger partial charge in [-0.25, -0.2) is 21.6 Å². The third-order valence-electron chi connectivity index (χ3n) is 7.31. The van der Waals surface area contributed by atoms with E-state index >= 15 is 0 Å². The molecule has 1 N–H and O–H groups in total. The van der Waals surface area contributed by atoms with Gasteiger partial charge in [-0.1, -0.05) is 68.4 Å². The van der Waals surface area contributed by atoms with Gasteiger partial charge in [0, 0.05) is 18.8 Å². The van der Waals surface area contributed by atoms with Crippen molar-refractivity contribution in [3.63, 3.8) is 0 Å². The summed E-state index contributed by atoms with van der Waals surface area (Å²) in [5, 5.41) is 2.55. The van der Waals surface area contributed by atoms with E-state index in [2.05, 4.69) is 5.32 Å². The second-order valence-electron chi connectivity index (χ2n) is 10.4. The fourth-order valence-electron chi connectivity index (χ4n) is 4.87. The smallest absolute Gasteiger partial charge is 0.338 e. The van der Waals surface area contributed by atoms with Crippen LogP contribution < -0.4 is 14.4 Å². The number of ether oxygens (including phenoxy) is 2. The zero-order valence-corrected chi connectivity index (χ0v) is 28.2. The van der Waals surface area contributed by atoms with Gasteiger partial charge >= 0.3 is 5.97 Å². The number of amides is 1. The Morgan fingerprint density at radius 1 is 0.787 bits per heavy atom. The number of methoxy groups -OCH3 is 1. The first-order valence-electron chi connectivity index (χ1n) is 14.8. The topological polar surface area (TPSA) is 139 Å². The van der Waals surface area contributed by atoms with Crippen LogP contribution in [-0.2, 0) is 36.1 Å². The Hall–Kier alpha value is -4.72. The number of rotatable bonds is 14. The average molecular weight is 680 g/mol. The number of esters is 1. The minimum absolute atomic E-state index is 0.00463. The van der Waals surface area contributed by atoms with E-state index in [4.69, 9.17) is 9.47 Å². The molecule has 0 heterocycles. The van der Waals surface area contributed by atoms with Gasteiger partial charge in [-0.15, -0.1) is 0 Å². The van der Waals surface area contributed by atoms with Gasteiger partial charge in [0.15, 0.2) is 6.61 Å². The van der Waals surface area contributed by atoms with Crippen molar-refractivity contribution < 1.29 is 35.9 Å². The summed E-state index contributed by atoms with van der Waals surface area (Å²) in [4.78, 5) is 25.5. The van der Waals surface area contributed by atoms with E-state index in [1.807, 2.05) is 6.07 Å². The molecule has 11 nitrogen and oxygen atoms in total. The van der Waals surface area contributed by atoms with Crippen molar-refractivity contribution in [2.24, 2.45) is 0 Å². The Morgan fingerprint density at radius 2 is 1.47 bits per heavy atom. The number of benzene rings is 4. The highest BCUT2D eigenvalue weighted by molar-refractivity contribution is 7.92. The van der Waals surface area contributed by atoms with E-state index in [1.165, 1.54) is 46.1 Å². The van der Waals surface area contributed by atoms with Gasteiger partial charge in [-0.3, -0.25) is 9.10 Å². The molecular weight excluding hydrogens is 643 g/mol. The summed E-state index contributed by atoms with van der Waals surface area (Å²) in [6.45, 7) is 5.02. The van der Waals surface area contributed by atoms with Gasteiger partial charge in [-0.05, 0) is 60.5 Å². The third-order valence-corrected chi connectivity index (χ3v) is 11.3. The lowest BCUT2D eigenvalue weighted by atomic mass is 10.2. The number of aryl methyl sites for hydroxylation is 1. The van der Waals surface area contributed by atoms with Gasteiger partial charge in [0.2, 0.25) is 10.0 Å². The zero-order valence-electron chi connectivity index (χ0n) is 26.5. The highest BCUT2D eigenvalue weighted by atomic mass is 32.2. The Labute approximate surface area is 275 Å². The summed E-state index contributed by atoms with van der Waals surface area (Å²) in [5.41, 5.74) is 1.69.